The van der Waals surface area contributed by atoms with Crippen LogP contribution in [0.3, 0.4) is 0 Å². The zero-order valence-electron chi connectivity index (χ0n) is 9.48. The Morgan fingerprint density at radius 1 is 1.22 bits per heavy atom. The van der Waals surface area contributed by atoms with Crippen LogP contribution >= 0.6 is 11.8 Å². The Hall–Kier alpha value is -1.82. The summed E-state index contributed by atoms with van der Waals surface area (Å²) in [5.74, 6) is -1.35. The minimum atomic E-state index is -0.864. The molecule has 0 saturated carbocycles. The van der Waals surface area contributed by atoms with Crippen molar-refractivity contribution < 1.29 is 13.5 Å². The number of hydrogen-bond donors (Lipinski definition) is 1. The summed E-state index contributed by atoms with van der Waals surface area (Å²) in [5, 5.41) is 0.0124. The van der Waals surface area contributed by atoms with Crippen molar-refractivity contribution >= 4 is 17.6 Å². The molecule has 0 amide bonds. The summed E-state index contributed by atoms with van der Waals surface area (Å²) in [5.41, 5.74) is 5.32. The predicted molar refractivity (Wildman–Crippen MR) is 65.7 cm³/mol. The molecule has 2 rings (SSSR count). The summed E-state index contributed by atoms with van der Waals surface area (Å²) < 4.78 is 31.6. The van der Waals surface area contributed by atoms with E-state index in [2.05, 4.69) is 4.98 Å². The minimum absolute atomic E-state index is 0.0124. The third-order valence-electron chi connectivity index (χ3n) is 2.20. The van der Waals surface area contributed by atoms with E-state index in [9.17, 15) is 8.78 Å². The lowest BCUT2D eigenvalue weighted by atomic mass is 10.3. The van der Waals surface area contributed by atoms with Crippen molar-refractivity contribution in [3.05, 3.63) is 42.0 Å². The summed E-state index contributed by atoms with van der Waals surface area (Å²) in [7, 11) is 1.52. The monoisotopic (exact) mass is 268 g/mol. The molecular weight excluding hydrogens is 258 g/mol. The van der Waals surface area contributed by atoms with E-state index in [1.54, 1.807) is 24.3 Å². The molecule has 0 fully saturated rings. The molecule has 18 heavy (non-hydrogen) atoms. The smallest absolute Gasteiger partial charge is 0.168 e. The van der Waals surface area contributed by atoms with Crippen LogP contribution in [0.25, 0.3) is 0 Å². The van der Waals surface area contributed by atoms with Gasteiger partial charge >= 0.3 is 0 Å². The molecule has 6 heteroatoms. The first-order chi connectivity index (χ1) is 8.61. The fourth-order valence-electron chi connectivity index (χ4n) is 1.34. The maximum Gasteiger partial charge on any atom is 0.168 e. The molecule has 1 aromatic carbocycles. The molecule has 1 aromatic heterocycles. The number of halogens is 2. The van der Waals surface area contributed by atoms with Crippen LogP contribution in [-0.2, 0) is 0 Å². The van der Waals surface area contributed by atoms with E-state index < -0.39 is 11.6 Å². The first-order valence-corrected chi connectivity index (χ1v) is 5.86. The number of pyridine rings is 1. The third kappa shape index (κ3) is 2.53. The largest absolute Gasteiger partial charge is 0.496 e. The molecule has 3 nitrogen and oxygen atoms in total. The lowest BCUT2D eigenvalue weighted by Gasteiger charge is -2.08. The highest BCUT2D eigenvalue weighted by molar-refractivity contribution is 7.99. The molecule has 0 atom stereocenters. The average molecular weight is 268 g/mol. The van der Waals surface area contributed by atoms with Crippen molar-refractivity contribution in [1.82, 2.24) is 4.98 Å². The highest BCUT2D eigenvalue weighted by Gasteiger charge is 2.13. The summed E-state index contributed by atoms with van der Waals surface area (Å²) in [6.07, 6.45) is 0. The van der Waals surface area contributed by atoms with Crippen LogP contribution in [-0.4, -0.2) is 12.1 Å². The lowest BCUT2D eigenvalue weighted by molar-refractivity contribution is 0.404. The number of nitrogens with two attached hydrogens (primary N) is 1. The molecule has 2 aromatic rings. The normalized spacial score (nSPS) is 10.4. The van der Waals surface area contributed by atoms with Crippen LogP contribution in [0.5, 0.6) is 5.75 Å². The molecule has 0 aliphatic carbocycles. The van der Waals surface area contributed by atoms with Gasteiger partial charge in [0.15, 0.2) is 17.5 Å². The van der Waals surface area contributed by atoms with E-state index in [-0.39, 0.29) is 10.8 Å². The number of benzene rings is 1. The van der Waals surface area contributed by atoms with Crippen molar-refractivity contribution in [2.45, 2.75) is 9.92 Å². The molecule has 0 aliphatic heterocycles. The maximum atomic E-state index is 13.5. The van der Waals surface area contributed by atoms with Crippen molar-refractivity contribution in [1.29, 1.82) is 0 Å². The minimum Gasteiger partial charge on any atom is -0.496 e. The standard InChI is InChI=1S/C12H10F2N2OS/c1-17-9-4-2-3-5-10(9)18-12-8(14)6-7(13)11(15)16-12/h2-6H,1H3,(H2,15,16). The number of para-hydroxylation sites is 1. The Kier molecular flexibility index (Phi) is 3.66. The van der Waals surface area contributed by atoms with E-state index >= 15 is 0 Å². The summed E-state index contributed by atoms with van der Waals surface area (Å²) >= 11 is 1.03. The average Bonchev–Trinajstić information content (AvgIpc) is 2.36. The van der Waals surface area contributed by atoms with E-state index in [4.69, 9.17) is 10.5 Å². The quantitative estimate of drug-likeness (QED) is 0.929. The van der Waals surface area contributed by atoms with Gasteiger partial charge in [0, 0.05) is 6.07 Å². The van der Waals surface area contributed by atoms with Gasteiger partial charge in [0.05, 0.1) is 12.0 Å². The van der Waals surface area contributed by atoms with Gasteiger partial charge in [-0.05, 0) is 12.1 Å². The van der Waals surface area contributed by atoms with Crippen LogP contribution in [0.1, 0.15) is 0 Å². The number of ether oxygens (including phenoxy) is 1. The van der Waals surface area contributed by atoms with Gasteiger partial charge in [-0.2, -0.15) is 0 Å². The van der Waals surface area contributed by atoms with Crippen LogP contribution < -0.4 is 10.5 Å². The zero-order chi connectivity index (χ0) is 13.1. The highest BCUT2D eigenvalue weighted by atomic mass is 32.2. The molecule has 0 radical (unpaired) electrons. The number of hydrogen-bond acceptors (Lipinski definition) is 4. The Morgan fingerprint density at radius 2 is 1.94 bits per heavy atom. The molecule has 1 heterocycles. The molecule has 0 bridgehead atoms. The number of aromatic nitrogens is 1. The van der Waals surface area contributed by atoms with Crippen LogP contribution in [0, 0.1) is 11.6 Å². The zero-order valence-corrected chi connectivity index (χ0v) is 10.3. The molecular formula is C12H10F2N2OS. The van der Waals surface area contributed by atoms with Gasteiger partial charge in [-0.1, -0.05) is 23.9 Å². The molecule has 0 saturated heterocycles. The Balaban J connectivity index is 2.37. The van der Waals surface area contributed by atoms with E-state index in [0.717, 1.165) is 17.8 Å². The highest BCUT2D eigenvalue weighted by Crippen LogP contribution is 2.35. The second-order valence-corrected chi connectivity index (χ2v) is 4.43. The third-order valence-corrected chi connectivity index (χ3v) is 3.24. The predicted octanol–water partition coefficient (Wildman–Crippen LogP) is 3.10. The van der Waals surface area contributed by atoms with Crippen LogP contribution in [0.4, 0.5) is 14.6 Å². The van der Waals surface area contributed by atoms with Gasteiger partial charge < -0.3 is 10.5 Å². The van der Waals surface area contributed by atoms with Gasteiger partial charge in [0.25, 0.3) is 0 Å². The molecule has 0 unspecified atom stereocenters. The molecule has 0 aliphatic rings. The molecule has 0 spiro atoms. The fourth-order valence-corrected chi connectivity index (χ4v) is 2.25. The second kappa shape index (κ2) is 5.22. The number of anilines is 1. The van der Waals surface area contributed by atoms with Gasteiger partial charge in [0.2, 0.25) is 0 Å². The van der Waals surface area contributed by atoms with E-state index in [1.807, 2.05) is 0 Å². The van der Waals surface area contributed by atoms with Gasteiger partial charge in [-0.25, -0.2) is 13.8 Å². The topological polar surface area (TPSA) is 48.1 Å². The second-order valence-electron chi connectivity index (χ2n) is 3.40. The number of rotatable bonds is 3. The van der Waals surface area contributed by atoms with Gasteiger partial charge in [0.1, 0.15) is 10.8 Å². The SMILES string of the molecule is COc1ccccc1Sc1nc(N)c(F)cc1F. The van der Waals surface area contributed by atoms with Crippen molar-refractivity contribution in [3.63, 3.8) is 0 Å². The summed E-state index contributed by atoms with van der Waals surface area (Å²) in [6.45, 7) is 0. The maximum absolute atomic E-state index is 13.5. The van der Waals surface area contributed by atoms with Crippen molar-refractivity contribution in [2.75, 3.05) is 12.8 Å². The summed E-state index contributed by atoms with van der Waals surface area (Å²) in [6, 6.07) is 7.80. The Bertz CT molecular complexity index is 578. The van der Waals surface area contributed by atoms with Gasteiger partial charge in [-0.3, -0.25) is 0 Å². The number of nitrogen functional groups attached to an aromatic ring is 1. The van der Waals surface area contributed by atoms with Crippen molar-refractivity contribution in [2.24, 2.45) is 0 Å². The van der Waals surface area contributed by atoms with E-state index in [0.29, 0.717) is 10.6 Å². The fraction of sp³-hybridized carbons (Fsp3) is 0.0833. The number of methoxy groups -OCH3 is 1. The van der Waals surface area contributed by atoms with Gasteiger partial charge in [-0.15, -0.1) is 0 Å². The van der Waals surface area contributed by atoms with Crippen LogP contribution in [0.2, 0.25) is 0 Å². The molecule has 2 N–H and O–H groups in total. The first kappa shape index (κ1) is 12.6. The Labute approximate surface area is 107 Å². The first-order valence-electron chi connectivity index (χ1n) is 5.04. The van der Waals surface area contributed by atoms with Crippen molar-refractivity contribution in [3.8, 4) is 5.75 Å². The van der Waals surface area contributed by atoms with E-state index in [1.165, 1.54) is 7.11 Å². The molecule has 94 valence electrons. The Morgan fingerprint density at radius 3 is 2.67 bits per heavy atom. The lowest BCUT2D eigenvalue weighted by Crippen LogP contribution is -1.99. The van der Waals surface area contributed by atoms with Crippen LogP contribution in [0.15, 0.2) is 40.3 Å². The number of nitrogens with zero attached hydrogens (tertiary/aromatic N) is 1. The summed E-state index contributed by atoms with van der Waals surface area (Å²) in [4.78, 5) is 4.36.